The highest BCUT2D eigenvalue weighted by molar-refractivity contribution is 5.51. The lowest BCUT2D eigenvalue weighted by Gasteiger charge is -2.35. The van der Waals surface area contributed by atoms with Gasteiger partial charge in [0.05, 0.1) is 0 Å². The molecular weight excluding hydrogens is 472 g/mol. The number of aromatic hydroxyl groups is 2. The van der Waals surface area contributed by atoms with E-state index in [-0.39, 0.29) is 34.9 Å². The Labute approximate surface area is 232 Å². The number of rotatable bonds is 7. The number of hydrogen-bond acceptors (Lipinski definition) is 4. The van der Waals surface area contributed by atoms with Crippen LogP contribution in [0.25, 0.3) is 0 Å². The van der Waals surface area contributed by atoms with Crippen LogP contribution in [0, 0.1) is 5.41 Å². The standard InChI is InChI=1S/C34H54O4/c1-30(2,3)24-15-22(16-25(28(24)37)31(4,5)6)19-34(21-36,13-14-35)20-23-17-26(32(7,8)9)29(38)27(18-23)33(10,11)12/h15-18,35-38H,13-14,19-21H2,1-12H3. The molecule has 2 aromatic carbocycles. The van der Waals surface area contributed by atoms with Gasteiger partial charge in [0.1, 0.15) is 11.5 Å². The van der Waals surface area contributed by atoms with Gasteiger partial charge in [-0.05, 0) is 74.3 Å². The highest BCUT2D eigenvalue weighted by Crippen LogP contribution is 2.44. The summed E-state index contributed by atoms with van der Waals surface area (Å²) < 4.78 is 0. The summed E-state index contributed by atoms with van der Waals surface area (Å²) in [7, 11) is 0. The molecule has 0 atom stereocenters. The summed E-state index contributed by atoms with van der Waals surface area (Å²) >= 11 is 0. The fraction of sp³-hybridized carbons (Fsp3) is 0.647. The van der Waals surface area contributed by atoms with Gasteiger partial charge >= 0.3 is 0 Å². The van der Waals surface area contributed by atoms with Gasteiger partial charge in [-0.15, -0.1) is 0 Å². The lowest BCUT2D eigenvalue weighted by Crippen LogP contribution is -2.33. The van der Waals surface area contributed by atoms with Gasteiger partial charge < -0.3 is 20.4 Å². The van der Waals surface area contributed by atoms with Crippen molar-refractivity contribution in [3.05, 3.63) is 57.6 Å². The molecular formula is C34H54O4. The van der Waals surface area contributed by atoms with E-state index in [1.54, 1.807) is 0 Å². The number of phenols is 2. The normalized spacial score (nSPS) is 13.7. The molecule has 0 heterocycles. The number of aliphatic hydroxyl groups excluding tert-OH is 2. The molecule has 0 aromatic heterocycles. The topological polar surface area (TPSA) is 80.9 Å². The van der Waals surface area contributed by atoms with Gasteiger partial charge in [-0.1, -0.05) is 107 Å². The third-order valence-electron chi connectivity index (χ3n) is 7.71. The fourth-order valence-corrected chi connectivity index (χ4v) is 5.41. The van der Waals surface area contributed by atoms with Crippen molar-refractivity contribution >= 4 is 0 Å². The molecule has 0 radical (unpaired) electrons. The number of aliphatic hydroxyl groups is 2. The van der Waals surface area contributed by atoms with E-state index in [2.05, 4.69) is 107 Å². The zero-order chi connectivity index (χ0) is 29.5. The van der Waals surface area contributed by atoms with E-state index in [1.807, 2.05) is 0 Å². The average molecular weight is 527 g/mol. The molecule has 4 nitrogen and oxygen atoms in total. The summed E-state index contributed by atoms with van der Waals surface area (Å²) in [5.41, 5.74) is 4.07. The molecule has 0 bridgehead atoms. The predicted octanol–water partition coefficient (Wildman–Crippen LogP) is 7.43. The third kappa shape index (κ3) is 7.33. The van der Waals surface area contributed by atoms with Crippen molar-refractivity contribution in [2.45, 2.75) is 124 Å². The SMILES string of the molecule is CC(C)(C)c1cc(CC(CO)(CCO)Cc2cc(C(C)(C)C)c(O)c(C(C)(C)C)c2)cc(C(C)(C)C)c1O. The van der Waals surface area contributed by atoms with Crippen LogP contribution in [0.5, 0.6) is 11.5 Å². The lowest BCUT2D eigenvalue weighted by atomic mass is 9.71. The van der Waals surface area contributed by atoms with Crippen LogP contribution in [0.4, 0.5) is 0 Å². The number of phenolic OH excluding ortho intramolecular Hbond substituents is 2. The summed E-state index contributed by atoms with van der Waals surface area (Å²) in [5, 5.41) is 43.4. The van der Waals surface area contributed by atoms with Crippen molar-refractivity contribution in [1.82, 2.24) is 0 Å². The van der Waals surface area contributed by atoms with Crippen LogP contribution >= 0.6 is 0 Å². The molecule has 0 spiro atoms. The molecule has 4 N–H and O–H groups in total. The summed E-state index contributed by atoms with van der Waals surface area (Å²) in [6.45, 7) is 25.1. The molecule has 2 rings (SSSR count). The predicted molar refractivity (Wildman–Crippen MR) is 160 cm³/mol. The van der Waals surface area contributed by atoms with Crippen LogP contribution in [0.15, 0.2) is 24.3 Å². The summed E-state index contributed by atoms with van der Waals surface area (Å²) in [4.78, 5) is 0. The van der Waals surface area contributed by atoms with Gasteiger partial charge in [-0.2, -0.15) is 0 Å². The second-order valence-corrected chi connectivity index (χ2v) is 15.6. The van der Waals surface area contributed by atoms with E-state index >= 15 is 0 Å². The Morgan fingerprint density at radius 1 is 0.500 bits per heavy atom. The fourth-order valence-electron chi connectivity index (χ4n) is 5.41. The quantitative estimate of drug-likeness (QED) is 0.302. The molecule has 38 heavy (non-hydrogen) atoms. The zero-order valence-electron chi connectivity index (χ0n) is 26.1. The Morgan fingerprint density at radius 2 is 0.763 bits per heavy atom. The minimum atomic E-state index is -0.600. The maximum absolute atomic E-state index is 11.2. The molecule has 0 aliphatic rings. The van der Waals surface area contributed by atoms with Gasteiger partial charge in [0.2, 0.25) is 0 Å². The van der Waals surface area contributed by atoms with E-state index in [4.69, 9.17) is 0 Å². The third-order valence-corrected chi connectivity index (χ3v) is 7.71. The average Bonchev–Trinajstić information content (AvgIpc) is 2.72. The van der Waals surface area contributed by atoms with E-state index in [1.165, 1.54) is 0 Å². The Kier molecular flexibility index (Phi) is 9.19. The van der Waals surface area contributed by atoms with E-state index in [0.717, 1.165) is 33.4 Å². The van der Waals surface area contributed by atoms with Gasteiger partial charge in [0.25, 0.3) is 0 Å². The number of benzene rings is 2. The van der Waals surface area contributed by atoms with E-state index in [0.29, 0.717) is 30.8 Å². The van der Waals surface area contributed by atoms with Crippen molar-refractivity contribution < 1.29 is 20.4 Å². The molecule has 4 heteroatoms. The summed E-state index contributed by atoms with van der Waals surface area (Å²) in [5.74, 6) is 0.683. The first-order valence-electron chi connectivity index (χ1n) is 14.0. The van der Waals surface area contributed by atoms with Gasteiger partial charge in [-0.3, -0.25) is 0 Å². The minimum Gasteiger partial charge on any atom is -0.507 e. The lowest BCUT2D eigenvalue weighted by molar-refractivity contribution is 0.0897. The van der Waals surface area contributed by atoms with Crippen LogP contribution in [0.2, 0.25) is 0 Å². The van der Waals surface area contributed by atoms with Crippen molar-refractivity contribution in [2.24, 2.45) is 5.41 Å². The monoisotopic (exact) mass is 526 g/mol. The summed E-state index contributed by atoms with van der Waals surface area (Å²) in [6, 6.07) is 8.30. The highest BCUT2D eigenvalue weighted by atomic mass is 16.3. The largest absolute Gasteiger partial charge is 0.507 e. The van der Waals surface area contributed by atoms with Crippen molar-refractivity contribution in [2.75, 3.05) is 13.2 Å². The van der Waals surface area contributed by atoms with Crippen LogP contribution in [-0.4, -0.2) is 33.6 Å². The molecule has 0 saturated carbocycles. The number of hydrogen-bond donors (Lipinski definition) is 4. The van der Waals surface area contributed by atoms with Crippen molar-refractivity contribution in [1.29, 1.82) is 0 Å². The zero-order valence-corrected chi connectivity index (χ0v) is 26.1. The van der Waals surface area contributed by atoms with Crippen LogP contribution < -0.4 is 0 Å². The molecule has 2 aromatic rings. The minimum absolute atomic E-state index is 0.0345. The molecule has 0 aliphatic heterocycles. The second kappa shape index (κ2) is 10.8. The Bertz CT molecular complexity index is 962. The maximum Gasteiger partial charge on any atom is 0.123 e. The van der Waals surface area contributed by atoms with Crippen LogP contribution in [0.3, 0.4) is 0 Å². The molecule has 0 amide bonds. The van der Waals surface area contributed by atoms with Gasteiger partial charge in [0.15, 0.2) is 0 Å². The van der Waals surface area contributed by atoms with E-state index < -0.39 is 5.41 Å². The van der Waals surface area contributed by atoms with Gasteiger partial charge in [0, 0.05) is 18.6 Å². The van der Waals surface area contributed by atoms with Crippen molar-refractivity contribution in [3.63, 3.8) is 0 Å². The van der Waals surface area contributed by atoms with Crippen LogP contribution in [-0.2, 0) is 34.5 Å². The molecule has 0 aliphatic carbocycles. The Hall–Kier alpha value is -2.04. The highest BCUT2D eigenvalue weighted by Gasteiger charge is 2.34. The Morgan fingerprint density at radius 3 is 0.947 bits per heavy atom. The van der Waals surface area contributed by atoms with Gasteiger partial charge in [-0.25, -0.2) is 0 Å². The molecule has 0 saturated heterocycles. The molecule has 0 fully saturated rings. The first kappa shape index (κ1) is 32.2. The maximum atomic E-state index is 11.2. The van der Waals surface area contributed by atoms with Crippen LogP contribution in [0.1, 0.15) is 123 Å². The Balaban J connectivity index is 2.73. The smallest absolute Gasteiger partial charge is 0.123 e. The molecule has 0 unspecified atom stereocenters. The van der Waals surface area contributed by atoms with Crippen molar-refractivity contribution in [3.8, 4) is 11.5 Å². The second-order valence-electron chi connectivity index (χ2n) is 15.6. The first-order chi connectivity index (χ1) is 17.1. The summed E-state index contributed by atoms with van der Waals surface area (Å²) in [6.07, 6.45) is 1.57. The first-order valence-corrected chi connectivity index (χ1v) is 14.0. The molecule has 214 valence electrons. The van der Waals surface area contributed by atoms with E-state index in [9.17, 15) is 20.4 Å².